The highest BCUT2D eigenvalue weighted by molar-refractivity contribution is 8.26. The van der Waals surface area contributed by atoms with Gasteiger partial charge in [-0.1, -0.05) is 42.1 Å². The Kier molecular flexibility index (Phi) is 5.34. The number of thiocarbonyl (C=S) groups is 1. The second-order valence-corrected chi connectivity index (χ2v) is 7.85. The SMILES string of the molecule is COc1ccc(C=C2SC(=S)N(NC(=O)c3n[nH]c(=O)c4ccccc34)C2=O)cc1. The highest BCUT2D eigenvalue weighted by Gasteiger charge is 2.34. The topological polar surface area (TPSA) is 104 Å². The molecule has 3 aromatic rings. The van der Waals surface area contributed by atoms with E-state index in [2.05, 4.69) is 15.6 Å². The van der Waals surface area contributed by atoms with Crippen molar-refractivity contribution >= 4 is 57.0 Å². The molecule has 0 saturated carbocycles. The van der Waals surface area contributed by atoms with Crippen LogP contribution in [0.25, 0.3) is 16.8 Å². The van der Waals surface area contributed by atoms with Crippen molar-refractivity contribution in [1.29, 1.82) is 0 Å². The van der Waals surface area contributed by atoms with Crippen molar-refractivity contribution in [3.8, 4) is 5.75 Å². The van der Waals surface area contributed by atoms with Crippen LogP contribution >= 0.6 is 24.0 Å². The summed E-state index contributed by atoms with van der Waals surface area (Å²) >= 11 is 6.32. The van der Waals surface area contributed by atoms with Gasteiger partial charge in [0, 0.05) is 5.39 Å². The van der Waals surface area contributed by atoms with Crippen LogP contribution in [0.2, 0.25) is 0 Å². The number of hydrogen-bond donors (Lipinski definition) is 2. The lowest BCUT2D eigenvalue weighted by Gasteiger charge is -2.15. The molecule has 2 heterocycles. The van der Waals surface area contributed by atoms with Crippen LogP contribution in [0.3, 0.4) is 0 Å². The Morgan fingerprint density at radius 1 is 1.17 bits per heavy atom. The number of hydrogen-bond acceptors (Lipinski definition) is 7. The molecule has 1 saturated heterocycles. The van der Waals surface area contributed by atoms with Gasteiger partial charge < -0.3 is 4.74 Å². The number of aromatic amines is 1. The summed E-state index contributed by atoms with van der Waals surface area (Å²) in [6.45, 7) is 0. The number of hydrazine groups is 1. The van der Waals surface area contributed by atoms with Crippen molar-refractivity contribution in [2.24, 2.45) is 0 Å². The van der Waals surface area contributed by atoms with E-state index in [-0.39, 0.29) is 10.0 Å². The molecule has 4 rings (SSSR count). The fourth-order valence-electron chi connectivity index (χ4n) is 2.86. The van der Waals surface area contributed by atoms with Gasteiger partial charge in [0.05, 0.1) is 17.4 Å². The number of thioether (sulfide) groups is 1. The summed E-state index contributed by atoms with van der Waals surface area (Å²) in [7, 11) is 1.57. The third-order valence-corrected chi connectivity index (χ3v) is 5.63. The molecular weight excluding hydrogens is 424 g/mol. The summed E-state index contributed by atoms with van der Waals surface area (Å²) in [6, 6.07) is 13.7. The van der Waals surface area contributed by atoms with Crippen LogP contribution in [0.15, 0.2) is 58.2 Å². The molecule has 1 fully saturated rings. The molecule has 0 bridgehead atoms. The number of nitrogens with one attached hydrogen (secondary N) is 2. The van der Waals surface area contributed by atoms with Crippen LogP contribution < -0.4 is 15.7 Å². The number of amides is 2. The first kappa shape index (κ1) is 19.8. The largest absolute Gasteiger partial charge is 0.497 e. The maximum Gasteiger partial charge on any atom is 0.291 e. The van der Waals surface area contributed by atoms with Crippen molar-refractivity contribution in [2.45, 2.75) is 0 Å². The Hall–Kier alpha value is -3.50. The third kappa shape index (κ3) is 3.70. The molecule has 0 atom stereocenters. The maximum atomic E-state index is 12.8. The number of fused-ring (bicyclic) bond motifs is 1. The zero-order valence-corrected chi connectivity index (χ0v) is 17.2. The smallest absolute Gasteiger partial charge is 0.291 e. The minimum Gasteiger partial charge on any atom is -0.497 e. The monoisotopic (exact) mass is 438 g/mol. The number of benzene rings is 2. The molecule has 1 aliphatic heterocycles. The van der Waals surface area contributed by atoms with Crippen LogP contribution in [0.1, 0.15) is 16.1 Å². The highest BCUT2D eigenvalue weighted by atomic mass is 32.2. The number of aromatic nitrogens is 2. The second-order valence-electron chi connectivity index (χ2n) is 6.18. The van der Waals surface area contributed by atoms with E-state index in [9.17, 15) is 14.4 Å². The lowest BCUT2D eigenvalue weighted by atomic mass is 10.1. The van der Waals surface area contributed by atoms with Gasteiger partial charge in [-0.2, -0.15) is 10.1 Å². The second kappa shape index (κ2) is 8.09. The van der Waals surface area contributed by atoms with Crippen LogP contribution in [-0.2, 0) is 4.79 Å². The molecule has 150 valence electrons. The van der Waals surface area contributed by atoms with Gasteiger partial charge in [0.25, 0.3) is 17.4 Å². The number of rotatable bonds is 4. The molecule has 2 aromatic carbocycles. The molecule has 1 aromatic heterocycles. The molecule has 0 spiro atoms. The molecule has 0 unspecified atom stereocenters. The number of methoxy groups -OCH3 is 1. The van der Waals surface area contributed by atoms with Gasteiger partial charge in [-0.15, -0.1) is 0 Å². The van der Waals surface area contributed by atoms with E-state index in [4.69, 9.17) is 17.0 Å². The first-order chi connectivity index (χ1) is 14.5. The average Bonchev–Trinajstić information content (AvgIpc) is 3.02. The summed E-state index contributed by atoms with van der Waals surface area (Å²) < 4.78 is 5.30. The minimum absolute atomic E-state index is 0.0154. The van der Waals surface area contributed by atoms with Crippen LogP contribution in [0, 0.1) is 0 Å². The van der Waals surface area contributed by atoms with E-state index in [0.29, 0.717) is 21.4 Å². The van der Waals surface area contributed by atoms with Gasteiger partial charge in [0.2, 0.25) is 0 Å². The van der Waals surface area contributed by atoms with E-state index in [0.717, 1.165) is 22.3 Å². The number of carbonyl (C=O) groups excluding carboxylic acids is 2. The molecule has 2 N–H and O–H groups in total. The van der Waals surface area contributed by atoms with Gasteiger partial charge in [-0.25, -0.2) is 5.10 Å². The van der Waals surface area contributed by atoms with Gasteiger partial charge in [0.15, 0.2) is 10.0 Å². The molecule has 0 radical (unpaired) electrons. The zero-order valence-electron chi connectivity index (χ0n) is 15.5. The van der Waals surface area contributed by atoms with Crippen molar-refractivity contribution in [1.82, 2.24) is 20.6 Å². The van der Waals surface area contributed by atoms with Crippen LogP contribution in [0.4, 0.5) is 0 Å². The Balaban J connectivity index is 1.58. The third-order valence-electron chi connectivity index (χ3n) is 4.33. The van der Waals surface area contributed by atoms with Crippen molar-refractivity contribution in [2.75, 3.05) is 7.11 Å². The minimum atomic E-state index is -0.663. The molecule has 1 aliphatic rings. The standard InChI is InChI=1S/C20H14N4O4S2/c1-28-12-8-6-11(7-9-12)10-15-19(27)24(20(29)30-15)23-18(26)16-13-4-2-3-5-14(13)17(25)22-21-16/h2-10H,1H3,(H,22,25)(H,23,26). The molecule has 8 nitrogen and oxygen atoms in total. The quantitative estimate of drug-likeness (QED) is 0.476. The summed E-state index contributed by atoms with van der Waals surface area (Å²) in [5.74, 6) is -0.417. The predicted octanol–water partition coefficient (Wildman–Crippen LogP) is 2.48. The van der Waals surface area contributed by atoms with Gasteiger partial charge in [0.1, 0.15) is 5.75 Å². The van der Waals surface area contributed by atoms with Crippen LogP contribution in [-0.4, -0.2) is 38.5 Å². The number of carbonyl (C=O) groups is 2. The van der Waals surface area contributed by atoms with E-state index in [1.807, 2.05) is 0 Å². The molecule has 2 amide bonds. The molecule has 0 aliphatic carbocycles. The Morgan fingerprint density at radius 2 is 1.87 bits per heavy atom. The van der Waals surface area contributed by atoms with Gasteiger partial charge >= 0.3 is 0 Å². The summed E-state index contributed by atoms with van der Waals surface area (Å²) in [4.78, 5) is 37.8. The van der Waals surface area contributed by atoms with Gasteiger partial charge in [-0.05, 0) is 42.1 Å². The molecule has 10 heteroatoms. The normalized spacial score (nSPS) is 15.1. The first-order valence-corrected chi connectivity index (χ1v) is 9.91. The number of ether oxygens (including phenoxy) is 1. The van der Waals surface area contributed by atoms with Crippen molar-refractivity contribution < 1.29 is 14.3 Å². The predicted molar refractivity (Wildman–Crippen MR) is 118 cm³/mol. The maximum absolute atomic E-state index is 12.8. The summed E-state index contributed by atoms with van der Waals surface area (Å²) in [6.07, 6.45) is 1.68. The van der Waals surface area contributed by atoms with Crippen molar-refractivity contribution in [3.05, 3.63) is 75.0 Å². The number of nitrogens with zero attached hydrogens (tertiary/aromatic N) is 2. The first-order valence-electron chi connectivity index (χ1n) is 8.68. The lowest BCUT2D eigenvalue weighted by Crippen LogP contribution is -2.45. The van der Waals surface area contributed by atoms with E-state index >= 15 is 0 Å². The van der Waals surface area contributed by atoms with Crippen molar-refractivity contribution in [3.63, 3.8) is 0 Å². The van der Waals surface area contributed by atoms with E-state index < -0.39 is 17.4 Å². The summed E-state index contributed by atoms with van der Waals surface area (Å²) in [5, 5.41) is 7.82. The lowest BCUT2D eigenvalue weighted by molar-refractivity contribution is -0.123. The summed E-state index contributed by atoms with van der Waals surface area (Å²) in [5.41, 5.74) is 2.84. The zero-order chi connectivity index (χ0) is 21.3. The number of H-pyrrole nitrogens is 1. The fourth-order valence-corrected chi connectivity index (χ4v) is 4.04. The Bertz CT molecular complexity index is 1270. The molecular formula is C20H14N4O4S2. The Labute approximate surface area is 179 Å². The molecule has 30 heavy (non-hydrogen) atoms. The van der Waals surface area contributed by atoms with E-state index in [1.165, 1.54) is 0 Å². The van der Waals surface area contributed by atoms with Crippen LogP contribution in [0.5, 0.6) is 5.75 Å². The van der Waals surface area contributed by atoms with E-state index in [1.54, 1.807) is 61.7 Å². The average molecular weight is 438 g/mol. The Morgan fingerprint density at radius 3 is 2.57 bits per heavy atom. The van der Waals surface area contributed by atoms with Gasteiger partial charge in [-0.3, -0.25) is 19.8 Å². The highest BCUT2D eigenvalue weighted by Crippen LogP contribution is 2.31. The fraction of sp³-hybridized carbons (Fsp3) is 0.0500.